The molecule has 0 saturated carbocycles. The summed E-state index contributed by atoms with van der Waals surface area (Å²) in [6, 6.07) is 16.5. The minimum Gasteiger partial charge on any atom is -0.340 e. The van der Waals surface area contributed by atoms with Crippen LogP contribution in [0.2, 0.25) is 0 Å². The number of piperidine rings is 1. The Morgan fingerprint density at radius 2 is 1.54 bits per heavy atom. The summed E-state index contributed by atoms with van der Waals surface area (Å²) in [4.78, 5) is 28.9. The maximum atomic E-state index is 12.1. The lowest BCUT2D eigenvalue weighted by Crippen LogP contribution is -2.36. The zero-order chi connectivity index (χ0) is 18.2. The second kappa shape index (κ2) is 8.84. The van der Waals surface area contributed by atoms with Gasteiger partial charge in [0.15, 0.2) is 0 Å². The van der Waals surface area contributed by atoms with Crippen LogP contribution in [0.15, 0.2) is 54.6 Å². The van der Waals surface area contributed by atoms with Gasteiger partial charge in [0, 0.05) is 16.7 Å². The van der Waals surface area contributed by atoms with E-state index in [9.17, 15) is 9.59 Å². The Hall–Kier alpha value is -3.10. The Morgan fingerprint density at radius 1 is 0.923 bits per heavy atom. The van der Waals surface area contributed by atoms with E-state index >= 15 is 0 Å². The van der Waals surface area contributed by atoms with Crippen molar-refractivity contribution in [2.45, 2.75) is 12.8 Å². The van der Waals surface area contributed by atoms with E-state index in [1.165, 1.54) is 0 Å². The van der Waals surface area contributed by atoms with Crippen LogP contribution < -0.4 is 10.8 Å². The molecule has 3 rings (SSSR count). The molecule has 2 aromatic rings. The average molecular weight is 348 g/mol. The predicted octanol–water partition coefficient (Wildman–Crippen LogP) is 2.27. The molecule has 1 heterocycles. The second-order valence-electron chi connectivity index (χ2n) is 6.07. The summed E-state index contributed by atoms with van der Waals surface area (Å²) >= 11 is 0. The van der Waals surface area contributed by atoms with E-state index in [0.29, 0.717) is 5.56 Å². The second-order valence-corrected chi connectivity index (χ2v) is 6.07. The van der Waals surface area contributed by atoms with E-state index in [1.54, 1.807) is 24.3 Å². The molecule has 0 bridgehead atoms. The van der Waals surface area contributed by atoms with Crippen molar-refractivity contribution in [1.82, 2.24) is 10.8 Å². The van der Waals surface area contributed by atoms with Gasteiger partial charge in [-0.05, 0) is 62.3 Å². The van der Waals surface area contributed by atoms with E-state index < -0.39 is 5.91 Å². The van der Waals surface area contributed by atoms with Crippen molar-refractivity contribution in [3.63, 3.8) is 0 Å². The molecule has 2 N–H and O–H groups in total. The van der Waals surface area contributed by atoms with Crippen molar-refractivity contribution >= 4 is 11.9 Å². The number of hydroxylamine groups is 1. The highest BCUT2D eigenvalue weighted by molar-refractivity contribution is 5.94. The van der Waals surface area contributed by atoms with Crippen molar-refractivity contribution in [3.8, 4) is 11.8 Å². The molecule has 1 fully saturated rings. The first-order valence-electron chi connectivity index (χ1n) is 8.61. The fourth-order valence-corrected chi connectivity index (χ4v) is 2.67. The first-order chi connectivity index (χ1) is 12.7. The minimum absolute atomic E-state index is 0.160. The maximum Gasteiger partial charge on any atom is 0.335 e. The lowest BCUT2D eigenvalue weighted by atomic mass is 9.99. The predicted molar refractivity (Wildman–Crippen MR) is 98.0 cm³/mol. The molecular weight excluding hydrogens is 328 g/mol. The Morgan fingerprint density at radius 3 is 2.19 bits per heavy atom. The van der Waals surface area contributed by atoms with Gasteiger partial charge in [-0.2, -0.15) is 5.48 Å². The third-order valence-electron chi connectivity index (χ3n) is 4.19. The smallest absolute Gasteiger partial charge is 0.335 e. The van der Waals surface area contributed by atoms with Crippen LogP contribution in [0.3, 0.4) is 0 Å². The monoisotopic (exact) mass is 348 g/mol. The van der Waals surface area contributed by atoms with Crippen LogP contribution in [0, 0.1) is 17.8 Å². The number of rotatable bonds is 2. The van der Waals surface area contributed by atoms with Gasteiger partial charge in [-0.25, -0.2) is 4.79 Å². The van der Waals surface area contributed by atoms with Crippen LogP contribution in [0.1, 0.15) is 34.3 Å². The van der Waals surface area contributed by atoms with Crippen LogP contribution in [0.5, 0.6) is 0 Å². The van der Waals surface area contributed by atoms with Crippen molar-refractivity contribution < 1.29 is 14.4 Å². The SMILES string of the molecule is O=C(NOC(=O)C1CCNCC1)c1ccc(C#Cc2ccccc2)cc1. The number of carbonyl (C=O) groups excluding carboxylic acids is 2. The van der Waals surface area contributed by atoms with Gasteiger partial charge in [0.1, 0.15) is 0 Å². The van der Waals surface area contributed by atoms with Crippen molar-refractivity contribution in [3.05, 3.63) is 71.3 Å². The molecule has 0 atom stereocenters. The van der Waals surface area contributed by atoms with Gasteiger partial charge in [-0.15, -0.1) is 0 Å². The minimum atomic E-state index is -0.449. The van der Waals surface area contributed by atoms with Crippen LogP contribution in [-0.2, 0) is 9.63 Å². The standard InChI is InChI=1S/C21H20N2O3/c24-20(23-26-21(25)19-12-14-22-15-13-19)18-10-8-17(9-11-18)7-6-16-4-2-1-3-5-16/h1-5,8-11,19,22H,12-15H2,(H,23,24). The highest BCUT2D eigenvalue weighted by Crippen LogP contribution is 2.13. The van der Waals surface area contributed by atoms with E-state index in [2.05, 4.69) is 22.6 Å². The van der Waals surface area contributed by atoms with Crippen molar-refractivity contribution in [1.29, 1.82) is 0 Å². The van der Waals surface area contributed by atoms with Crippen molar-refractivity contribution in [2.75, 3.05) is 13.1 Å². The summed E-state index contributed by atoms with van der Waals surface area (Å²) in [5.74, 6) is 5.12. The normalized spacial score (nSPS) is 14.0. The topological polar surface area (TPSA) is 67.4 Å². The quantitative estimate of drug-likeness (QED) is 0.645. The molecule has 26 heavy (non-hydrogen) atoms. The number of hydrogen-bond donors (Lipinski definition) is 2. The number of amides is 1. The molecule has 1 amide bonds. The molecule has 132 valence electrons. The van der Waals surface area contributed by atoms with E-state index in [0.717, 1.165) is 37.1 Å². The summed E-state index contributed by atoms with van der Waals surface area (Å²) in [6.07, 6.45) is 1.45. The first-order valence-corrected chi connectivity index (χ1v) is 8.61. The van der Waals surface area contributed by atoms with Gasteiger partial charge < -0.3 is 10.2 Å². The summed E-state index contributed by atoms with van der Waals surface area (Å²) in [7, 11) is 0. The molecule has 5 heteroatoms. The maximum absolute atomic E-state index is 12.1. The molecule has 1 saturated heterocycles. The van der Waals surface area contributed by atoms with Crippen LogP contribution in [-0.4, -0.2) is 25.0 Å². The van der Waals surface area contributed by atoms with Crippen LogP contribution in [0.4, 0.5) is 0 Å². The average Bonchev–Trinajstić information content (AvgIpc) is 2.72. The molecule has 0 aromatic heterocycles. The summed E-state index contributed by atoms with van der Waals surface area (Å²) in [6.45, 7) is 1.58. The number of nitrogens with one attached hydrogen (secondary N) is 2. The van der Waals surface area contributed by atoms with Gasteiger partial charge in [0.25, 0.3) is 5.91 Å². The Kier molecular flexibility index (Phi) is 6.02. The Balaban J connectivity index is 1.53. The van der Waals surface area contributed by atoms with Crippen LogP contribution in [0.25, 0.3) is 0 Å². The van der Waals surface area contributed by atoms with Gasteiger partial charge in [0.2, 0.25) is 0 Å². The van der Waals surface area contributed by atoms with Gasteiger partial charge in [-0.1, -0.05) is 30.0 Å². The zero-order valence-electron chi connectivity index (χ0n) is 14.3. The molecule has 0 spiro atoms. The number of carbonyl (C=O) groups is 2. The van der Waals surface area contributed by atoms with Crippen LogP contribution >= 0.6 is 0 Å². The highest BCUT2D eigenvalue weighted by Gasteiger charge is 2.23. The van der Waals surface area contributed by atoms with E-state index in [1.807, 2.05) is 30.3 Å². The molecule has 0 radical (unpaired) electrons. The van der Waals surface area contributed by atoms with Gasteiger partial charge in [-0.3, -0.25) is 4.79 Å². The molecule has 1 aliphatic rings. The first kappa shape index (κ1) is 17.7. The molecule has 1 aliphatic heterocycles. The molecule has 5 nitrogen and oxygen atoms in total. The Labute approximate surface area is 152 Å². The highest BCUT2D eigenvalue weighted by atomic mass is 16.7. The third kappa shape index (κ3) is 4.95. The van der Waals surface area contributed by atoms with Gasteiger partial charge in [0.05, 0.1) is 5.92 Å². The molecule has 0 unspecified atom stereocenters. The molecular formula is C21H20N2O3. The molecule has 2 aromatic carbocycles. The number of benzene rings is 2. The third-order valence-corrected chi connectivity index (χ3v) is 4.19. The fourth-order valence-electron chi connectivity index (χ4n) is 2.67. The van der Waals surface area contributed by atoms with E-state index in [4.69, 9.17) is 4.84 Å². The fraction of sp³-hybridized carbons (Fsp3) is 0.238. The zero-order valence-corrected chi connectivity index (χ0v) is 14.3. The lowest BCUT2D eigenvalue weighted by molar-refractivity contribution is -0.154. The Bertz CT molecular complexity index is 814. The summed E-state index contributed by atoms with van der Waals surface area (Å²) in [5, 5.41) is 3.18. The van der Waals surface area contributed by atoms with E-state index in [-0.39, 0.29) is 11.9 Å². The van der Waals surface area contributed by atoms with Gasteiger partial charge >= 0.3 is 5.97 Å². The molecule has 0 aliphatic carbocycles. The largest absolute Gasteiger partial charge is 0.340 e. The lowest BCUT2D eigenvalue weighted by Gasteiger charge is -2.20. The number of hydrogen-bond acceptors (Lipinski definition) is 4. The summed E-state index contributed by atoms with van der Waals surface area (Å²) in [5.41, 5.74) is 4.37. The van der Waals surface area contributed by atoms with Crippen molar-refractivity contribution in [2.24, 2.45) is 5.92 Å². The summed E-state index contributed by atoms with van der Waals surface area (Å²) < 4.78 is 0.